The molecule has 3 amide bonds. The van der Waals surface area contributed by atoms with Crippen LogP contribution < -0.4 is 44.3 Å². The number of ether oxygens (including phenoxy) is 2. The molecule has 1 aromatic carbocycles. The van der Waals surface area contributed by atoms with Crippen LogP contribution >= 0.6 is 11.3 Å². The molecule has 0 radical (unpaired) electrons. The van der Waals surface area contributed by atoms with Crippen molar-refractivity contribution in [2.45, 2.75) is 94.9 Å². The predicted octanol–water partition coefficient (Wildman–Crippen LogP) is 3.04. The second-order valence-corrected chi connectivity index (χ2v) is 17.8. The van der Waals surface area contributed by atoms with Crippen molar-refractivity contribution in [1.29, 1.82) is 0 Å². The van der Waals surface area contributed by atoms with Crippen LogP contribution in [0.5, 0.6) is 11.5 Å². The number of allylic oxidation sites excluding steroid dienone is 1. The maximum atomic E-state index is 14.3. The number of carbonyl (C=O) groups is 3. The molecular weight excluding hydrogens is 726 g/mol. The quantitative estimate of drug-likeness (QED) is 0.269. The van der Waals surface area contributed by atoms with E-state index in [0.717, 1.165) is 40.9 Å². The van der Waals surface area contributed by atoms with Gasteiger partial charge in [-0.05, 0) is 76.3 Å². The van der Waals surface area contributed by atoms with Gasteiger partial charge in [0.15, 0.2) is 0 Å². The van der Waals surface area contributed by atoms with Gasteiger partial charge in [-0.15, -0.1) is 11.3 Å². The number of fused-ring (bicyclic) bond motifs is 3. The molecule has 3 saturated carbocycles. The van der Waals surface area contributed by atoms with Crippen molar-refractivity contribution >= 4 is 50.0 Å². The number of hydrogen-bond acceptors (Lipinski definition) is 10. The second kappa shape index (κ2) is 15.6. The molecular formula is C38H46N5NaO7S2. The van der Waals surface area contributed by atoms with E-state index in [9.17, 15) is 22.8 Å². The van der Waals surface area contributed by atoms with Gasteiger partial charge in [-0.3, -0.25) is 9.59 Å². The number of rotatable bonds is 8. The fraction of sp³-hybridized carbons (Fsp3) is 0.553. The van der Waals surface area contributed by atoms with Crippen LogP contribution in [0.25, 0.3) is 26.3 Å². The third kappa shape index (κ3) is 8.03. The molecule has 2 aromatic heterocycles. The van der Waals surface area contributed by atoms with Gasteiger partial charge in [0.2, 0.25) is 11.8 Å². The van der Waals surface area contributed by atoms with Gasteiger partial charge in [-0.25, -0.2) is 18.4 Å². The van der Waals surface area contributed by atoms with E-state index in [2.05, 4.69) is 23.9 Å². The van der Waals surface area contributed by atoms with Crippen molar-refractivity contribution in [3.8, 4) is 22.2 Å². The summed E-state index contributed by atoms with van der Waals surface area (Å²) in [6.07, 6.45) is 7.44. The molecule has 1 aliphatic heterocycles. The SMILES string of the molecule is COc1ccc2c(O[C@@H]3C[C@H]4C(=O)N[C@]5(C(=O)[N-]S(=O)(=O)C6CC6)C[C@H]5/C=C/CCCCN(C)C(=O)[C@@H]4C3)cc(-c3nc(C(C)C)cs3)nc2c1C.[Na+]. The number of amides is 3. The van der Waals surface area contributed by atoms with Gasteiger partial charge in [-0.2, -0.15) is 0 Å². The number of benzene rings is 1. The van der Waals surface area contributed by atoms with Gasteiger partial charge in [-0.1, -0.05) is 26.0 Å². The minimum atomic E-state index is -3.95. The Kier molecular flexibility index (Phi) is 11.7. The van der Waals surface area contributed by atoms with E-state index >= 15 is 0 Å². The molecule has 0 bridgehead atoms. The first kappa shape index (κ1) is 39.6. The Morgan fingerprint density at radius 1 is 1.11 bits per heavy atom. The Balaban J connectivity index is 0.00000481. The first-order valence-electron chi connectivity index (χ1n) is 18.2. The van der Waals surface area contributed by atoms with E-state index in [1.165, 1.54) is 11.3 Å². The number of methoxy groups -OCH3 is 1. The molecule has 3 heterocycles. The molecule has 1 N–H and O–H groups in total. The Hall–Kier alpha value is -3.04. The van der Waals surface area contributed by atoms with Crippen LogP contribution in [0, 0.1) is 24.7 Å². The molecule has 0 saturated heterocycles. The minimum Gasteiger partial charge on any atom is -0.544 e. The predicted molar refractivity (Wildman–Crippen MR) is 199 cm³/mol. The molecule has 12 nitrogen and oxygen atoms in total. The van der Waals surface area contributed by atoms with Crippen molar-refractivity contribution in [3.05, 3.63) is 51.7 Å². The van der Waals surface area contributed by atoms with E-state index in [0.29, 0.717) is 42.1 Å². The maximum Gasteiger partial charge on any atom is 1.00 e. The molecule has 5 atom stereocenters. The van der Waals surface area contributed by atoms with Crippen molar-refractivity contribution in [2.24, 2.45) is 17.8 Å². The number of thiazole rings is 1. The average molecular weight is 772 g/mol. The molecule has 0 spiro atoms. The normalized spacial score (nSPS) is 26.9. The Morgan fingerprint density at radius 3 is 2.57 bits per heavy atom. The molecule has 7 rings (SSSR count). The summed E-state index contributed by atoms with van der Waals surface area (Å²) in [7, 11) is -0.577. The van der Waals surface area contributed by atoms with Crippen molar-refractivity contribution in [1.82, 2.24) is 20.2 Å². The van der Waals surface area contributed by atoms with E-state index in [1.807, 2.05) is 42.7 Å². The van der Waals surface area contributed by atoms with Gasteiger partial charge >= 0.3 is 29.6 Å². The molecule has 4 aliphatic rings. The second-order valence-electron chi connectivity index (χ2n) is 15.0. The van der Waals surface area contributed by atoms with Crippen LogP contribution in [0.4, 0.5) is 0 Å². The number of nitrogens with zero attached hydrogens (tertiary/aromatic N) is 4. The fourth-order valence-electron chi connectivity index (χ4n) is 7.48. The van der Waals surface area contributed by atoms with Crippen molar-refractivity contribution in [2.75, 3.05) is 20.7 Å². The van der Waals surface area contributed by atoms with Gasteiger partial charge in [0, 0.05) is 47.2 Å². The van der Waals surface area contributed by atoms with Crippen molar-refractivity contribution < 1.29 is 61.8 Å². The third-order valence-corrected chi connectivity index (χ3v) is 13.5. The zero-order valence-corrected chi connectivity index (χ0v) is 34.9. The average Bonchev–Trinajstić information content (AvgIpc) is 3.98. The number of hydrogen-bond donors (Lipinski definition) is 1. The van der Waals surface area contributed by atoms with Crippen LogP contribution in [0.3, 0.4) is 0 Å². The summed E-state index contributed by atoms with van der Waals surface area (Å²) in [6.45, 7) is 6.68. The van der Waals surface area contributed by atoms with Crippen molar-refractivity contribution in [3.63, 3.8) is 0 Å². The summed E-state index contributed by atoms with van der Waals surface area (Å²) < 4.78 is 41.5. The van der Waals surface area contributed by atoms with E-state index in [-0.39, 0.29) is 66.6 Å². The monoisotopic (exact) mass is 771 g/mol. The van der Waals surface area contributed by atoms with Crippen LogP contribution in [-0.4, -0.2) is 78.6 Å². The maximum absolute atomic E-state index is 14.3. The van der Waals surface area contributed by atoms with Gasteiger partial charge < -0.3 is 29.2 Å². The fourth-order valence-corrected chi connectivity index (χ4v) is 9.70. The van der Waals surface area contributed by atoms with Gasteiger partial charge in [0.25, 0.3) is 0 Å². The number of nitrogens with one attached hydrogen (secondary N) is 1. The Labute approximate surface area is 337 Å². The summed E-state index contributed by atoms with van der Waals surface area (Å²) in [5.74, 6) is -1.85. The summed E-state index contributed by atoms with van der Waals surface area (Å²) in [5, 5.41) is 5.85. The Morgan fingerprint density at radius 2 is 1.87 bits per heavy atom. The van der Waals surface area contributed by atoms with Crippen LogP contribution in [0.2, 0.25) is 0 Å². The number of aryl methyl sites for hydroxylation is 1. The summed E-state index contributed by atoms with van der Waals surface area (Å²) in [6, 6.07) is 5.65. The largest absolute Gasteiger partial charge is 1.00 e. The summed E-state index contributed by atoms with van der Waals surface area (Å²) in [5.41, 5.74) is 1.73. The smallest absolute Gasteiger partial charge is 0.544 e. The zero-order chi connectivity index (χ0) is 36.9. The number of sulfonamides is 1. The number of aromatic nitrogens is 2. The standard InChI is InChI=1S/C38H47N5O7S2.Na/c1-21(2)30-20-51-35(40-30)29-18-32(26-13-14-31(49-5)22(3)33(26)39-29)50-24-16-27-28(17-24)36(45)43(4)15-9-7-6-8-10-23-19-38(23,41-34(27)44)37(46)42-52(47,48)25-11-12-25;/h8,10,13-14,18,20-21,23-25,27-28H,6-7,9,11-12,15-17,19H2,1-5H3,(H2,41,42,44,46);/q;+1/p-1/b10-8+;/t23-,24-,27-,28-,38-;/m1./s1. The number of carbonyl (C=O) groups excluding carboxylic acids is 3. The molecule has 0 unspecified atom stereocenters. The molecule has 3 aliphatic carbocycles. The topological polar surface area (TPSA) is 159 Å². The first-order chi connectivity index (χ1) is 24.8. The molecule has 53 heavy (non-hydrogen) atoms. The number of pyridine rings is 1. The van der Waals surface area contributed by atoms with Crippen LogP contribution in [0.1, 0.15) is 82.4 Å². The summed E-state index contributed by atoms with van der Waals surface area (Å²) in [4.78, 5) is 53.4. The van der Waals surface area contributed by atoms with E-state index in [1.54, 1.807) is 19.1 Å². The molecule has 278 valence electrons. The third-order valence-electron chi connectivity index (χ3n) is 10.9. The minimum absolute atomic E-state index is 0. The Bertz CT molecular complexity index is 2050. The summed E-state index contributed by atoms with van der Waals surface area (Å²) >= 11 is 1.51. The molecule has 3 aromatic rings. The molecule has 3 fully saturated rings. The molecule has 15 heteroatoms. The van der Waals surface area contributed by atoms with Gasteiger partial charge in [0.1, 0.15) is 28.3 Å². The first-order valence-corrected chi connectivity index (χ1v) is 20.5. The van der Waals surface area contributed by atoms with Crippen LogP contribution in [-0.2, 0) is 24.4 Å². The zero-order valence-electron chi connectivity index (χ0n) is 31.3. The van der Waals surface area contributed by atoms with Gasteiger partial charge in [0.05, 0.1) is 51.6 Å². The van der Waals surface area contributed by atoms with Crippen LogP contribution in [0.15, 0.2) is 35.7 Å². The van der Waals surface area contributed by atoms with E-state index < -0.39 is 50.6 Å². The van der Waals surface area contributed by atoms with E-state index in [4.69, 9.17) is 19.4 Å².